The zero-order valence-electron chi connectivity index (χ0n) is 18.3. The van der Waals surface area contributed by atoms with Gasteiger partial charge in [0.25, 0.3) is 5.91 Å². The lowest BCUT2D eigenvalue weighted by atomic mass is 9.68. The van der Waals surface area contributed by atoms with Crippen LogP contribution >= 0.6 is 0 Å². The largest absolute Gasteiger partial charge is 0.449 e. The Morgan fingerprint density at radius 3 is 2.13 bits per heavy atom. The van der Waals surface area contributed by atoms with Gasteiger partial charge in [0.15, 0.2) is 0 Å². The standard InChI is InChI=1S/C26H32N2O3/c1-2-19-8-10-20(11-9-19)24(29)28(22-12-13-22)23-14-16-26(17-15-23,18-31-25(27)30)21-6-4-3-5-7-21/h3-11,22-23H,2,12-18H2,1H3,(H2,27,30). The summed E-state index contributed by atoms with van der Waals surface area (Å²) in [5.74, 6) is 0.149. The number of hydrogen-bond acceptors (Lipinski definition) is 3. The van der Waals surface area contributed by atoms with Gasteiger partial charge < -0.3 is 15.4 Å². The van der Waals surface area contributed by atoms with Gasteiger partial charge in [-0.2, -0.15) is 0 Å². The molecule has 0 atom stereocenters. The van der Waals surface area contributed by atoms with Crippen LogP contribution in [0.4, 0.5) is 4.79 Å². The van der Waals surface area contributed by atoms with Gasteiger partial charge in [-0.25, -0.2) is 4.79 Å². The molecule has 5 heteroatoms. The van der Waals surface area contributed by atoms with Crippen LogP contribution in [0, 0.1) is 0 Å². The normalized spacial score (nSPS) is 23.2. The van der Waals surface area contributed by atoms with Gasteiger partial charge in [0.1, 0.15) is 6.61 Å². The average Bonchev–Trinajstić information content (AvgIpc) is 3.64. The van der Waals surface area contributed by atoms with Crippen molar-refractivity contribution in [2.45, 2.75) is 69.4 Å². The summed E-state index contributed by atoms with van der Waals surface area (Å²) < 4.78 is 5.29. The monoisotopic (exact) mass is 420 g/mol. The highest BCUT2D eigenvalue weighted by Crippen LogP contribution is 2.43. The topological polar surface area (TPSA) is 72.6 Å². The molecule has 0 heterocycles. The van der Waals surface area contributed by atoms with Crippen molar-refractivity contribution in [3.05, 3.63) is 71.3 Å². The minimum absolute atomic E-state index is 0.149. The molecule has 4 rings (SSSR count). The molecule has 164 valence electrons. The third kappa shape index (κ3) is 4.76. The number of nitrogens with two attached hydrogens (primary N) is 1. The fraction of sp³-hybridized carbons (Fsp3) is 0.462. The summed E-state index contributed by atoms with van der Waals surface area (Å²) in [4.78, 5) is 26.9. The van der Waals surface area contributed by atoms with Crippen LogP contribution in [0.1, 0.15) is 66.9 Å². The second-order valence-electron chi connectivity index (χ2n) is 8.98. The molecule has 0 unspecified atom stereocenters. The number of amides is 2. The third-order valence-electron chi connectivity index (χ3n) is 6.97. The van der Waals surface area contributed by atoms with Crippen molar-refractivity contribution < 1.29 is 14.3 Å². The maximum atomic E-state index is 13.4. The van der Waals surface area contributed by atoms with Crippen molar-refractivity contribution in [1.29, 1.82) is 0 Å². The molecule has 2 aliphatic rings. The summed E-state index contributed by atoms with van der Waals surface area (Å²) in [5, 5.41) is 0. The average molecular weight is 421 g/mol. The van der Waals surface area contributed by atoms with E-state index < -0.39 is 6.09 Å². The summed E-state index contributed by atoms with van der Waals surface area (Å²) in [6.45, 7) is 2.41. The van der Waals surface area contributed by atoms with E-state index in [-0.39, 0.29) is 24.0 Å². The lowest BCUT2D eigenvalue weighted by molar-refractivity contribution is 0.0496. The molecule has 2 fully saturated rings. The molecule has 2 saturated carbocycles. The minimum Gasteiger partial charge on any atom is -0.449 e. The predicted molar refractivity (Wildman–Crippen MR) is 121 cm³/mol. The fourth-order valence-electron chi connectivity index (χ4n) is 4.97. The highest BCUT2D eigenvalue weighted by molar-refractivity contribution is 5.95. The van der Waals surface area contributed by atoms with E-state index in [2.05, 4.69) is 36.1 Å². The molecule has 2 N–H and O–H groups in total. The summed E-state index contributed by atoms with van der Waals surface area (Å²) in [5.41, 5.74) is 8.24. The molecule has 0 radical (unpaired) electrons. The Bertz CT molecular complexity index is 898. The van der Waals surface area contributed by atoms with Gasteiger partial charge in [-0.1, -0.05) is 49.4 Å². The molecule has 0 saturated heterocycles. The lowest BCUT2D eigenvalue weighted by Crippen LogP contribution is -2.48. The third-order valence-corrected chi connectivity index (χ3v) is 6.97. The maximum absolute atomic E-state index is 13.4. The van der Waals surface area contributed by atoms with Gasteiger partial charge in [0.2, 0.25) is 0 Å². The van der Waals surface area contributed by atoms with E-state index in [1.165, 1.54) is 11.1 Å². The van der Waals surface area contributed by atoms with Crippen LogP contribution in [-0.4, -0.2) is 35.6 Å². The molecule has 2 aromatic rings. The SMILES string of the molecule is CCc1ccc(C(=O)N(C2CC2)C2CCC(COC(N)=O)(c3ccccc3)CC2)cc1. The van der Waals surface area contributed by atoms with E-state index in [4.69, 9.17) is 10.5 Å². The molecule has 0 aliphatic heterocycles. The van der Waals surface area contributed by atoms with E-state index in [1.807, 2.05) is 30.3 Å². The fourth-order valence-corrected chi connectivity index (χ4v) is 4.97. The van der Waals surface area contributed by atoms with Crippen molar-refractivity contribution in [2.24, 2.45) is 5.73 Å². The van der Waals surface area contributed by atoms with Crippen LogP contribution in [0.3, 0.4) is 0 Å². The first-order chi connectivity index (χ1) is 15.0. The van der Waals surface area contributed by atoms with E-state index in [0.29, 0.717) is 6.04 Å². The lowest BCUT2D eigenvalue weighted by Gasteiger charge is -2.43. The molecular formula is C26H32N2O3. The molecule has 0 bridgehead atoms. The quantitative estimate of drug-likeness (QED) is 0.697. The van der Waals surface area contributed by atoms with Gasteiger partial charge in [0.05, 0.1) is 0 Å². The van der Waals surface area contributed by atoms with Crippen LogP contribution in [0.15, 0.2) is 54.6 Å². The van der Waals surface area contributed by atoms with Crippen molar-refractivity contribution in [3.63, 3.8) is 0 Å². The zero-order valence-corrected chi connectivity index (χ0v) is 18.3. The first-order valence-electron chi connectivity index (χ1n) is 11.4. The molecule has 2 amide bonds. The maximum Gasteiger partial charge on any atom is 0.404 e. The number of ether oxygens (including phenoxy) is 1. The minimum atomic E-state index is -0.734. The van der Waals surface area contributed by atoms with Crippen LogP contribution in [-0.2, 0) is 16.6 Å². The smallest absolute Gasteiger partial charge is 0.404 e. The Labute approximate surface area is 184 Å². The Hall–Kier alpha value is -2.82. The van der Waals surface area contributed by atoms with Gasteiger partial charge in [-0.15, -0.1) is 0 Å². The summed E-state index contributed by atoms with van der Waals surface area (Å²) in [7, 11) is 0. The number of rotatable bonds is 7. The van der Waals surface area contributed by atoms with Gasteiger partial charge in [-0.05, 0) is 68.2 Å². The molecule has 0 spiro atoms. The van der Waals surface area contributed by atoms with Crippen LogP contribution in [0.25, 0.3) is 0 Å². The summed E-state index contributed by atoms with van der Waals surface area (Å²) in [6, 6.07) is 18.9. The molecular weight excluding hydrogens is 388 g/mol. The first-order valence-corrected chi connectivity index (χ1v) is 11.4. The predicted octanol–water partition coefficient (Wildman–Crippen LogP) is 4.83. The van der Waals surface area contributed by atoms with Crippen LogP contribution in [0.5, 0.6) is 0 Å². The summed E-state index contributed by atoms with van der Waals surface area (Å²) >= 11 is 0. The van der Waals surface area contributed by atoms with Crippen molar-refractivity contribution >= 4 is 12.0 Å². The van der Waals surface area contributed by atoms with E-state index in [9.17, 15) is 9.59 Å². The first kappa shape index (κ1) is 21.4. The Balaban J connectivity index is 1.51. The van der Waals surface area contributed by atoms with Crippen molar-refractivity contribution in [1.82, 2.24) is 4.90 Å². The number of carbonyl (C=O) groups is 2. The number of hydrogen-bond donors (Lipinski definition) is 1. The van der Waals surface area contributed by atoms with Crippen molar-refractivity contribution in [3.8, 4) is 0 Å². The number of carbonyl (C=O) groups excluding carboxylic acids is 2. The number of aryl methyl sites for hydroxylation is 1. The molecule has 5 nitrogen and oxygen atoms in total. The Morgan fingerprint density at radius 1 is 0.968 bits per heavy atom. The zero-order chi connectivity index (χ0) is 21.8. The molecule has 31 heavy (non-hydrogen) atoms. The van der Waals surface area contributed by atoms with Crippen molar-refractivity contribution in [2.75, 3.05) is 6.61 Å². The number of primary amides is 1. The van der Waals surface area contributed by atoms with E-state index in [1.54, 1.807) is 0 Å². The van der Waals surface area contributed by atoms with Crippen LogP contribution < -0.4 is 5.73 Å². The van der Waals surface area contributed by atoms with E-state index in [0.717, 1.165) is 50.5 Å². The second-order valence-corrected chi connectivity index (χ2v) is 8.98. The van der Waals surface area contributed by atoms with E-state index >= 15 is 0 Å². The van der Waals surface area contributed by atoms with Crippen LogP contribution in [0.2, 0.25) is 0 Å². The number of nitrogens with zero attached hydrogens (tertiary/aromatic N) is 1. The highest BCUT2D eigenvalue weighted by Gasteiger charge is 2.44. The molecule has 2 aromatic carbocycles. The van der Waals surface area contributed by atoms with Gasteiger partial charge >= 0.3 is 6.09 Å². The Morgan fingerprint density at radius 2 is 1.58 bits per heavy atom. The number of benzene rings is 2. The Kier molecular flexibility index (Phi) is 6.30. The second kappa shape index (κ2) is 9.13. The van der Waals surface area contributed by atoms with Gasteiger partial charge in [0, 0.05) is 23.1 Å². The molecule has 2 aliphatic carbocycles. The molecule has 0 aromatic heterocycles. The van der Waals surface area contributed by atoms with Gasteiger partial charge in [-0.3, -0.25) is 4.79 Å². The highest BCUT2D eigenvalue weighted by atomic mass is 16.5. The summed E-state index contributed by atoms with van der Waals surface area (Å²) in [6.07, 6.45) is 5.92.